The minimum absolute atomic E-state index is 0.367. The first-order valence-electron chi connectivity index (χ1n) is 4.31. The number of aliphatic hydroxyl groups is 1. The molecule has 0 aromatic rings. The molecule has 0 saturated heterocycles. The van der Waals surface area contributed by atoms with Crippen LogP contribution in [0.4, 0.5) is 0 Å². The molecule has 0 aliphatic rings. The Morgan fingerprint density at radius 2 is 1.45 bits per heavy atom. The zero-order valence-electron chi connectivity index (χ0n) is 7.51. The Bertz CT molecular complexity index is 49.5. The number of carbonyl (C=O) groups is 1. The summed E-state index contributed by atoms with van der Waals surface area (Å²) >= 11 is 0. The van der Waals surface area contributed by atoms with Gasteiger partial charge in [-0.05, 0) is 6.42 Å². The molecular weight excluding hydrogens is 140 g/mol. The molecule has 0 radical (unpaired) electrons. The summed E-state index contributed by atoms with van der Waals surface area (Å²) in [6.45, 7) is 4.58. The second-order valence-electron chi connectivity index (χ2n) is 2.49. The Hall–Kier alpha value is -0.370. The van der Waals surface area contributed by atoms with Crippen molar-refractivity contribution in [1.82, 2.24) is 0 Å². The van der Waals surface area contributed by atoms with Gasteiger partial charge in [0.2, 0.25) is 0 Å². The van der Waals surface area contributed by atoms with E-state index in [0.717, 1.165) is 6.42 Å². The number of hydrogen-bond donors (Lipinski definition) is 1. The molecule has 0 saturated carbocycles. The monoisotopic (exact) mass is 160 g/mol. The van der Waals surface area contributed by atoms with Gasteiger partial charge in [-0.25, -0.2) is 0 Å². The molecule has 11 heavy (non-hydrogen) atoms. The first-order valence-corrected chi connectivity index (χ1v) is 4.31. The molecule has 0 aromatic heterocycles. The quantitative estimate of drug-likeness (QED) is 0.604. The van der Waals surface area contributed by atoms with Crippen molar-refractivity contribution < 1.29 is 9.90 Å². The highest BCUT2D eigenvalue weighted by molar-refractivity contribution is 5.10. The number of hydrogen-bond acceptors (Lipinski definition) is 2. The maximum atomic E-state index is 8.42. The molecule has 0 aromatic carbocycles. The Balaban J connectivity index is 0. The molecule has 0 amide bonds. The van der Waals surface area contributed by atoms with Crippen LogP contribution in [0.5, 0.6) is 0 Å². The van der Waals surface area contributed by atoms with Gasteiger partial charge in [-0.1, -0.05) is 39.0 Å². The van der Waals surface area contributed by atoms with E-state index in [9.17, 15) is 0 Å². The highest BCUT2D eigenvalue weighted by atomic mass is 16.2. The summed E-state index contributed by atoms with van der Waals surface area (Å²) in [5, 5.41) is 8.42. The fourth-order valence-corrected chi connectivity index (χ4v) is 0.892. The van der Waals surface area contributed by atoms with Crippen molar-refractivity contribution in [2.45, 2.75) is 45.4 Å². The molecule has 0 atom stereocenters. The van der Waals surface area contributed by atoms with E-state index in [1.807, 2.05) is 6.79 Å². The summed E-state index contributed by atoms with van der Waals surface area (Å²) in [4.78, 5) is 8.00. The molecule has 0 rings (SSSR count). The lowest BCUT2D eigenvalue weighted by Crippen LogP contribution is -1.82. The second-order valence-corrected chi connectivity index (χ2v) is 2.49. The highest BCUT2D eigenvalue weighted by Crippen LogP contribution is 2.03. The molecule has 0 spiro atoms. The Morgan fingerprint density at radius 1 is 1.00 bits per heavy atom. The van der Waals surface area contributed by atoms with Crippen molar-refractivity contribution in [3.05, 3.63) is 0 Å². The lowest BCUT2D eigenvalue weighted by Gasteiger charge is -1.95. The van der Waals surface area contributed by atoms with E-state index in [1.54, 1.807) is 0 Å². The van der Waals surface area contributed by atoms with Crippen LogP contribution in [0.25, 0.3) is 0 Å². The van der Waals surface area contributed by atoms with E-state index < -0.39 is 0 Å². The number of rotatable bonds is 6. The summed E-state index contributed by atoms with van der Waals surface area (Å²) in [5.41, 5.74) is 0. The highest BCUT2D eigenvalue weighted by Gasteiger charge is 1.86. The van der Waals surface area contributed by atoms with E-state index in [-0.39, 0.29) is 0 Å². The topological polar surface area (TPSA) is 37.3 Å². The SMILES string of the molecule is C=O.CCCCCCCCO. The maximum Gasteiger partial charge on any atom is 0.106 e. The van der Waals surface area contributed by atoms with E-state index in [0.29, 0.717) is 6.61 Å². The van der Waals surface area contributed by atoms with Crippen molar-refractivity contribution in [3.63, 3.8) is 0 Å². The molecule has 68 valence electrons. The van der Waals surface area contributed by atoms with E-state index >= 15 is 0 Å². The summed E-state index contributed by atoms with van der Waals surface area (Å²) in [5.74, 6) is 0. The van der Waals surface area contributed by atoms with Crippen LogP contribution in [0.3, 0.4) is 0 Å². The fraction of sp³-hybridized carbons (Fsp3) is 0.889. The van der Waals surface area contributed by atoms with Gasteiger partial charge < -0.3 is 9.90 Å². The van der Waals surface area contributed by atoms with Gasteiger partial charge >= 0.3 is 0 Å². The molecule has 0 heterocycles. The lowest BCUT2D eigenvalue weighted by molar-refractivity contribution is -0.0979. The van der Waals surface area contributed by atoms with E-state index in [2.05, 4.69) is 6.92 Å². The molecule has 0 aliphatic heterocycles. The fourth-order valence-electron chi connectivity index (χ4n) is 0.892. The van der Waals surface area contributed by atoms with Gasteiger partial charge in [0.05, 0.1) is 0 Å². The van der Waals surface area contributed by atoms with Crippen LogP contribution in [-0.2, 0) is 4.79 Å². The Kier molecular flexibility index (Phi) is 19.6. The van der Waals surface area contributed by atoms with Crippen molar-refractivity contribution in [3.8, 4) is 0 Å². The van der Waals surface area contributed by atoms with Crippen LogP contribution in [0.15, 0.2) is 0 Å². The molecule has 2 nitrogen and oxygen atoms in total. The third-order valence-corrected chi connectivity index (χ3v) is 1.51. The molecule has 1 N–H and O–H groups in total. The Labute approximate surface area is 69.6 Å². The molecule has 2 heteroatoms. The molecule has 0 fully saturated rings. The minimum atomic E-state index is 0.367. The smallest absolute Gasteiger partial charge is 0.106 e. The molecular formula is C9H20O2. The van der Waals surface area contributed by atoms with Gasteiger partial charge in [-0.3, -0.25) is 0 Å². The van der Waals surface area contributed by atoms with Gasteiger partial charge in [0.25, 0.3) is 0 Å². The van der Waals surface area contributed by atoms with Gasteiger partial charge in [0, 0.05) is 6.61 Å². The molecule has 0 aliphatic carbocycles. The van der Waals surface area contributed by atoms with Crippen molar-refractivity contribution in [2.75, 3.05) is 6.61 Å². The van der Waals surface area contributed by atoms with E-state index in [4.69, 9.17) is 9.90 Å². The third kappa shape index (κ3) is 17.7. The number of unbranched alkanes of at least 4 members (excludes halogenated alkanes) is 5. The first-order chi connectivity index (χ1) is 5.41. The molecule has 0 bridgehead atoms. The van der Waals surface area contributed by atoms with E-state index in [1.165, 1.54) is 32.1 Å². The summed E-state index contributed by atoms with van der Waals surface area (Å²) in [6, 6.07) is 0. The van der Waals surface area contributed by atoms with Crippen LogP contribution in [-0.4, -0.2) is 18.5 Å². The first kappa shape index (κ1) is 13.2. The zero-order valence-corrected chi connectivity index (χ0v) is 7.51. The average Bonchev–Trinajstić information content (AvgIpc) is 2.08. The van der Waals surface area contributed by atoms with Gasteiger partial charge in [-0.15, -0.1) is 0 Å². The average molecular weight is 160 g/mol. The summed E-state index contributed by atoms with van der Waals surface area (Å²) in [6.07, 6.45) is 7.50. The molecule has 0 unspecified atom stereocenters. The predicted molar refractivity (Wildman–Crippen MR) is 47.6 cm³/mol. The van der Waals surface area contributed by atoms with Crippen LogP contribution in [0.1, 0.15) is 45.4 Å². The van der Waals surface area contributed by atoms with Crippen LogP contribution in [0.2, 0.25) is 0 Å². The van der Waals surface area contributed by atoms with Crippen molar-refractivity contribution >= 4 is 6.79 Å². The lowest BCUT2D eigenvalue weighted by atomic mass is 10.1. The van der Waals surface area contributed by atoms with Gasteiger partial charge in [0.15, 0.2) is 0 Å². The van der Waals surface area contributed by atoms with Crippen LogP contribution < -0.4 is 0 Å². The Morgan fingerprint density at radius 3 is 1.91 bits per heavy atom. The number of carbonyl (C=O) groups excluding carboxylic acids is 1. The van der Waals surface area contributed by atoms with Gasteiger partial charge in [0.1, 0.15) is 6.79 Å². The standard InChI is InChI=1S/C8H18O.CH2O/c1-2-3-4-5-6-7-8-9;1-2/h9H,2-8H2,1H3;1H2. The normalized spacial score (nSPS) is 8.55. The maximum absolute atomic E-state index is 8.42. The number of aliphatic hydroxyl groups excluding tert-OH is 1. The van der Waals surface area contributed by atoms with Crippen molar-refractivity contribution in [1.29, 1.82) is 0 Å². The summed E-state index contributed by atoms with van der Waals surface area (Å²) in [7, 11) is 0. The summed E-state index contributed by atoms with van der Waals surface area (Å²) < 4.78 is 0. The van der Waals surface area contributed by atoms with Crippen molar-refractivity contribution in [2.24, 2.45) is 0 Å². The second kappa shape index (κ2) is 16.3. The van der Waals surface area contributed by atoms with Crippen LogP contribution in [0, 0.1) is 0 Å². The minimum Gasteiger partial charge on any atom is -0.396 e. The zero-order chi connectivity index (χ0) is 8.95. The van der Waals surface area contributed by atoms with Crippen LogP contribution >= 0.6 is 0 Å². The largest absolute Gasteiger partial charge is 0.396 e. The third-order valence-electron chi connectivity index (χ3n) is 1.51. The predicted octanol–water partition coefficient (Wildman–Crippen LogP) is 2.15. The van der Waals surface area contributed by atoms with Gasteiger partial charge in [-0.2, -0.15) is 0 Å².